The lowest BCUT2D eigenvalue weighted by molar-refractivity contribution is 0.687. The minimum atomic E-state index is 0.804. The first-order chi connectivity index (χ1) is 8.22. The molecule has 2 aromatic rings. The fourth-order valence-corrected chi connectivity index (χ4v) is 2.17. The Bertz CT molecular complexity index is 499. The number of hydrogen-bond acceptors (Lipinski definition) is 2. The van der Waals surface area contributed by atoms with Gasteiger partial charge in [0.15, 0.2) is 0 Å². The topological polar surface area (TPSA) is 43.8 Å². The van der Waals surface area contributed by atoms with Crippen molar-refractivity contribution in [2.24, 2.45) is 12.8 Å². The van der Waals surface area contributed by atoms with Gasteiger partial charge in [0.25, 0.3) is 0 Å². The van der Waals surface area contributed by atoms with Crippen LogP contribution in [0.4, 0.5) is 0 Å². The van der Waals surface area contributed by atoms with Crippen molar-refractivity contribution < 1.29 is 0 Å². The summed E-state index contributed by atoms with van der Waals surface area (Å²) in [6.07, 6.45) is 4.70. The molecule has 0 amide bonds. The molecule has 3 heteroatoms. The van der Waals surface area contributed by atoms with Gasteiger partial charge in [-0.1, -0.05) is 12.5 Å². The van der Waals surface area contributed by atoms with E-state index >= 15 is 0 Å². The Morgan fingerprint density at radius 2 is 2.06 bits per heavy atom. The molecule has 17 heavy (non-hydrogen) atoms. The number of benzene rings is 1. The lowest BCUT2D eigenvalue weighted by Gasteiger charge is -2.02. The van der Waals surface area contributed by atoms with Crippen LogP contribution in [0.25, 0.3) is 11.0 Å². The third-order valence-electron chi connectivity index (χ3n) is 3.34. The molecule has 1 heterocycles. The molecule has 0 aliphatic carbocycles. The van der Waals surface area contributed by atoms with Gasteiger partial charge >= 0.3 is 0 Å². The molecule has 0 spiro atoms. The maximum atomic E-state index is 5.49. The number of unbranched alkanes of at least 4 members (excludes halogenated alkanes) is 2. The van der Waals surface area contributed by atoms with Gasteiger partial charge in [0, 0.05) is 7.05 Å². The van der Waals surface area contributed by atoms with E-state index < -0.39 is 0 Å². The number of hydrogen-bond donors (Lipinski definition) is 1. The lowest BCUT2D eigenvalue weighted by Crippen LogP contribution is -1.98. The lowest BCUT2D eigenvalue weighted by atomic mass is 10.1. The van der Waals surface area contributed by atoms with Crippen LogP contribution in [-0.4, -0.2) is 16.1 Å². The Kier molecular flexibility index (Phi) is 3.79. The van der Waals surface area contributed by atoms with E-state index in [9.17, 15) is 0 Å². The molecule has 0 bridgehead atoms. The predicted octanol–water partition coefficient (Wildman–Crippen LogP) is 2.55. The van der Waals surface area contributed by atoms with E-state index in [1.54, 1.807) is 0 Å². The fraction of sp³-hybridized carbons (Fsp3) is 0.500. The van der Waals surface area contributed by atoms with Crippen LogP contribution in [0.3, 0.4) is 0 Å². The number of nitrogens with two attached hydrogens (primary N) is 1. The van der Waals surface area contributed by atoms with Crippen LogP contribution in [0.15, 0.2) is 18.2 Å². The second-order valence-electron chi connectivity index (χ2n) is 4.64. The van der Waals surface area contributed by atoms with Crippen molar-refractivity contribution in [2.75, 3.05) is 6.54 Å². The van der Waals surface area contributed by atoms with Gasteiger partial charge in [-0.25, -0.2) is 4.98 Å². The highest BCUT2D eigenvalue weighted by Crippen LogP contribution is 2.17. The number of aromatic nitrogens is 2. The molecule has 3 nitrogen and oxygen atoms in total. The van der Waals surface area contributed by atoms with Crippen LogP contribution in [0.5, 0.6) is 0 Å². The summed E-state index contributed by atoms with van der Waals surface area (Å²) in [7, 11) is 2.06. The second kappa shape index (κ2) is 5.32. The molecule has 0 aliphatic rings. The summed E-state index contributed by atoms with van der Waals surface area (Å²) in [5, 5.41) is 0. The summed E-state index contributed by atoms with van der Waals surface area (Å²) in [6, 6.07) is 6.60. The Balaban J connectivity index is 2.09. The third-order valence-corrected chi connectivity index (χ3v) is 3.34. The monoisotopic (exact) mass is 231 g/mol. The highest BCUT2D eigenvalue weighted by molar-refractivity contribution is 5.76. The summed E-state index contributed by atoms with van der Waals surface area (Å²) in [6.45, 7) is 2.85. The average Bonchev–Trinajstić information content (AvgIpc) is 2.61. The van der Waals surface area contributed by atoms with E-state index in [-0.39, 0.29) is 0 Å². The Labute approximate surface area is 103 Å². The van der Waals surface area contributed by atoms with Crippen molar-refractivity contribution >= 4 is 11.0 Å². The molecule has 2 rings (SSSR count). The zero-order chi connectivity index (χ0) is 12.3. The number of fused-ring (bicyclic) bond motifs is 1. The van der Waals surface area contributed by atoms with Crippen molar-refractivity contribution in [3.05, 3.63) is 29.6 Å². The Morgan fingerprint density at radius 3 is 2.82 bits per heavy atom. The van der Waals surface area contributed by atoms with Crippen LogP contribution in [-0.2, 0) is 13.5 Å². The molecule has 92 valence electrons. The van der Waals surface area contributed by atoms with Crippen molar-refractivity contribution in [3.63, 3.8) is 0 Å². The first-order valence-corrected chi connectivity index (χ1v) is 6.34. The fourth-order valence-electron chi connectivity index (χ4n) is 2.17. The molecular formula is C14H21N3. The number of rotatable bonds is 5. The highest BCUT2D eigenvalue weighted by Gasteiger charge is 2.04. The standard InChI is InChI=1S/C14H21N3/c1-11-16-13-10-12(6-4-3-5-9-15)7-8-14(13)17(11)2/h7-8,10H,3-6,9,15H2,1-2H3. The van der Waals surface area contributed by atoms with Gasteiger partial charge in [0.05, 0.1) is 11.0 Å². The molecule has 0 aliphatic heterocycles. The molecule has 0 atom stereocenters. The van der Waals surface area contributed by atoms with E-state index in [1.807, 2.05) is 6.92 Å². The SMILES string of the molecule is Cc1nc2cc(CCCCCN)ccc2n1C. The molecule has 0 saturated carbocycles. The molecule has 0 saturated heterocycles. The van der Waals surface area contributed by atoms with Gasteiger partial charge in [-0.3, -0.25) is 0 Å². The zero-order valence-corrected chi connectivity index (χ0v) is 10.7. The van der Waals surface area contributed by atoms with Gasteiger partial charge < -0.3 is 10.3 Å². The summed E-state index contributed by atoms with van der Waals surface area (Å²) < 4.78 is 2.13. The smallest absolute Gasteiger partial charge is 0.106 e. The predicted molar refractivity (Wildman–Crippen MR) is 72.1 cm³/mol. The zero-order valence-electron chi connectivity index (χ0n) is 10.7. The third kappa shape index (κ3) is 2.67. The average molecular weight is 231 g/mol. The minimum absolute atomic E-state index is 0.804. The van der Waals surface area contributed by atoms with E-state index in [0.717, 1.165) is 30.7 Å². The van der Waals surface area contributed by atoms with E-state index in [1.165, 1.54) is 23.9 Å². The largest absolute Gasteiger partial charge is 0.331 e. The molecule has 1 aromatic heterocycles. The number of aryl methyl sites for hydroxylation is 3. The maximum Gasteiger partial charge on any atom is 0.106 e. The maximum absolute atomic E-state index is 5.49. The highest BCUT2D eigenvalue weighted by atomic mass is 15.0. The van der Waals surface area contributed by atoms with Crippen LogP contribution in [0.2, 0.25) is 0 Å². The van der Waals surface area contributed by atoms with E-state index in [4.69, 9.17) is 5.73 Å². The number of nitrogens with zero attached hydrogens (tertiary/aromatic N) is 2. The van der Waals surface area contributed by atoms with Gasteiger partial charge in [0.1, 0.15) is 5.82 Å². The second-order valence-corrected chi connectivity index (χ2v) is 4.64. The summed E-state index contributed by atoms with van der Waals surface area (Å²) in [5.74, 6) is 1.07. The molecule has 0 unspecified atom stereocenters. The molecule has 1 aromatic carbocycles. The van der Waals surface area contributed by atoms with Gasteiger partial charge in [-0.2, -0.15) is 0 Å². The molecule has 0 radical (unpaired) electrons. The normalized spacial score (nSPS) is 11.2. The molecule has 2 N–H and O–H groups in total. The summed E-state index contributed by atoms with van der Waals surface area (Å²) >= 11 is 0. The van der Waals surface area contributed by atoms with Crippen LogP contribution >= 0.6 is 0 Å². The van der Waals surface area contributed by atoms with E-state index in [2.05, 4.69) is 34.8 Å². The van der Waals surface area contributed by atoms with E-state index in [0.29, 0.717) is 0 Å². The van der Waals surface area contributed by atoms with Crippen molar-refractivity contribution in [1.82, 2.24) is 9.55 Å². The van der Waals surface area contributed by atoms with Crippen molar-refractivity contribution in [2.45, 2.75) is 32.6 Å². The van der Waals surface area contributed by atoms with Crippen molar-refractivity contribution in [1.29, 1.82) is 0 Å². The first-order valence-electron chi connectivity index (χ1n) is 6.34. The van der Waals surface area contributed by atoms with Crippen LogP contribution in [0, 0.1) is 6.92 Å². The van der Waals surface area contributed by atoms with Gasteiger partial charge in [-0.05, 0) is 50.4 Å². The van der Waals surface area contributed by atoms with Crippen molar-refractivity contribution in [3.8, 4) is 0 Å². The van der Waals surface area contributed by atoms with Gasteiger partial charge in [-0.15, -0.1) is 0 Å². The molecule has 0 fully saturated rings. The Hall–Kier alpha value is -1.35. The van der Waals surface area contributed by atoms with Crippen LogP contribution in [0.1, 0.15) is 30.7 Å². The number of imidazole rings is 1. The van der Waals surface area contributed by atoms with Crippen LogP contribution < -0.4 is 5.73 Å². The van der Waals surface area contributed by atoms with Gasteiger partial charge in [0.2, 0.25) is 0 Å². The Morgan fingerprint density at radius 1 is 1.24 bits per heavy atom. The first kappa shape index (κ1) is 12.1. The summed E-state index contributed by atoms with van der Waals surface area (Å²) in [5.41, 5.74) is 9.20. The minimum Gasteiger partial charge on any atom is -0.331 e. The molecular weight excluding hydrogens is 210 g/mol. The summed E-state index contributed by atoms with van der Waals surface area (Å²) in [4.78, 5) is 4.56. The quantitative estimate of drug-likeness (QED) is 0.804.